The molecule has 0 atom stereocenters. The van der Waals surface area contributed by atoms with E-state index < -0.39 is 11.7 Å². The molecule has 0 unspecified atom stereocenters. The SMILES string of the molecule is CCc1cnc2c(Nc3ccc(N4CCOCC4)cc3)ncc(-c3ccc(C(N)=O)c(F)c3)n12. The first kappa shape index (κ1) is 21.8. The van der Waals surface area contributed by atoms with Crippen molar-refractivity contribution in [2.24, 2.45) is 5.73 Å². The third-order valence-electron chi connectivity index (χ3n) is 6.00. The number of nitrogens with two attached hydrogens (primary N) is 1. The van der Waals surface area contributed by atoms with Crippen molar-refractivity contribution in [2.45, 2.75) is 13.3 Å². The Morgan fingerprint density at radius 1 is 1.12 bits per heavy atom. The largest absolute Gasteiger partial charge is 0.378 e. The van der Waals surface area contributed by atoms with E-state index in [-0.39, 0.29) is 5.56 Å². The maximum Gasteiger partial charge on any atom is 0.251 e. The monoisotopic (exact) mass is 460 g/mol. The topological polar surface area (TPSA) is 97.8 Å². The van der Waals surface area contributed by atoms with Gasteiger partial charge >= 0.3 is 0 Å². The van der Waals surface area contributed by atoms with Crippen molar-refractivity contribution in [1.29, 1.82) is 0 Å². The van der Waals surface area contributed by atoms with Crippen molar-refractivity contribution in [3.05, 3.63) is 71.9 Å². The number of aryl methyl sites for hydroxylation is 1. The van der Waals surface area contributed by atoms with Crippen LogP contribution in [0.5, 0.6) is 0 Å². The molecule has 1 saturated heterocycles. The highest BCUT2D eigenvalue weighted by Crippen LogP contribution is 2.29. The van der Waals surface area contributed by atoms with Crippen molar-refractivity contribution >= 4 is 28.7 Å². The van der Waals surface area contributed by atoms with Crippen molar-refractivity contribution in [2.75, 3.05) is 36.5 Å². The fourth-order valence-corrected chi connectivity index (χ4v) is 4.19. The summed E-state index contributed by atoms with van der Waals surface area (Å²) >= 11 is 0. The third-order valence-corrected chi connectivity index (χ3v) is 6.00. The Kier molecular flexibility index (Phi) is 5.85. The number of halogens is 1. The van der Waals surface area contributed by atoms with Gasteiger partial charge in [-0.15, -0.1) is 0 Å². The minimum atomic E-state index is -0.802. The van der Waals surface area contributed by atoms with Crippen LogP contribution in [0.1, 0.15) is 23.0 Å². The van der Waals surface area contributed by atoms with Gasteiger partial charge in [-0.25, -0.2) is 14.4 Å². The number of nitrogens with one attached hydrogen (secondary N) is 1. The smallest absolute Gasteiger partial charge is 0.251 e. The number of nitrogens with zero attached hydrogens (tertiary/aromatic N) is 4. The van der Waals surface area contributed by atoms with Crippen LogP contribution >= 0.6 is 0 Å². The molecule has 1 aliphatic rings. The fraction of sp³-hybridized carbons (Fsp3) is 0.240. The number of hydrogen-bond donors (Lipinski definition) is 2. The lowest BCUT2D eigenvalue weighted by molar-refractivity contribution is 0.0996. The fourth-order valence-electron chi connectivity index (χ4n) is 4.19. The Labute approximate surface area is 196 Å². The van der Waals surface area contributed by atoms with Gasteiger partial charge in [-0.05, 0) is 42.8 Å². The summed E-state index contributed by atoms with van der Waals surface area (Å²) in [5.74, 6) is -0.876. The van der Waals surface area contributed by atoms with Crippen LogP contribution in [0.2, 0.25) is 0 Å². The summed E-state index contributed by atoms with van der Waals surface area (Å²) in [6, 6.07) is 12.5. The van der Waals surface area contributed by atoms with Crippen LogP contribution < -0.4 is 16.0 Å². The number of amides is 1. The Morgan fingerprint density at radius 3 is 2.56 bits per heavy atom. The molecule has 8 nitrogen and oxygen atoms in total. The number of ether oxygens (including phenoxy) is 1. The second-order valence-corrected chi connectivity index (χ2v) is 8.08. The first-order chi connectivity index (χ1) is 16.5. The summed E-state index contributed by atoms with van der Waals surface area (Å²) in [5.41, 5.74) is 9.97. The Hall–Kier alpha value is -3.98. The molecule has 0 radical (unpaired) electrons. The molecule has 1 fully saturated rings. The summed E-state index contributed by atoms with van der Waals surface area (Å²) in [6.07, 6.45) is 4.20. The molecule has 5 rings (SSSR count). The highest BCUT2D eigenvalue weighted by atomic mass is 19.1. The van der Waals surface area contributed by atoms with E-state index >= 15 is 0 Å². The van der Waals surface area contributed by atoms with Crippen molar-refractivity contribution in [3.63, 3.8) is 0 Å². The summed E-state index contributed by atoms with van der Waals surface area (Å²) in [6.45, 7) is 5.27. The minimum absolute atomic E-state index is 0.145. The molecule has 9 heteroatoms. The predicted octanol–water partition coefficient (Wildman–Crippen LogP) is 3.78. The number of hydrogen-bond acceptors (Lipinski definition) is 6. The highest BCUT2D eigenvalue weighted by molar-refractivity contribution is 5.93. The van der Waals surface area contributed by atoms with E-state index in [1.807, 2.05) is 23.5 Å². The van der Waals surface area contributed by atoms with Gasteiger partial charge in [0.15, 0.2) is 11.5 Å². The first-order valence-electron chi connectivity index (χ1n) is 11.2. The predicted molar refractivity (Wildman–Crippen MR) is 129 cm³/mol. The Bertz CT molecular complexity index is 1350. The number of rotatable bonds is 6. The van der Waals surface area contributed by atoms with E-state index in [1.165, 1.54) is 12.1 Å². The van der Waals surface area contributed by atoms with Crippen molar-refractivity contribution in [3.8, 4) is 11.3 Å². The number of imidazole rings is 1. The molecule has 2 aromatic carbocycles. The number of aromatic nitrogens is 3. The lowest BCUT2D eigenvalue weighted by atomic mass is 10.1. The number of fused-ring (bicyclic) bond motifs is 1. The zero-order chi connectivity index (χ0) is 23.7. The van der Waals surface area contributed by atoms with Gasteiger partial charge in [0, 0.05) is 41.9 Å². The maximum atomic E-state index is 14.5. The molecule has 1 aliphatic heterocycles. The summed E-state index contributed by atoms with van der Waals surface area (Å²) in [7, 11) is 0. The van der Waals surface area contributed by atoms with Gasteiger partial charge < -0.3 is 20.7 Å². The molecular weight excluding hydrogens is 435 g/mol. The number of primary amides is 1. The minimum Gasteiger partial charge on any atom is -0.378 e. The molecule has 0 saturated carbocycles. The number of carbonyl (C=O) groups is 1. The van der Waals surface area contributed by atoms with Crippen LogP contribution in [0.4, 0.5) is 21.6 Å². The average Bonchev–Trinajstić information content (AvgIpc) is 3.30. The van der Waals surface area contributed by atoms with E-state index in [1.54, 1.807) is 18.5 Å². The van der Waals surface area contributed by atoms with Crippen LogP contribution in [0, 0.1) is 5.82 Å². The second kappa shape index (κ2) is 9.11. The van der Waals surface area contributed by atoms with E-state index in [0.717, 1.165) is 49.8 Å². The van der Waals surface area contributed by atoms with Crippen molar-refractivity contribution in [1.82, 2.24) is 14.4 Å². The molecule has 2 aromatic heterocycles. The van der Waals surface area contributed by atoms with Gasteiger partial charge in [0.1, 0.15) is 5.82 Å². The molecule has 3 N–H and O–H groups in total. The van der Waals surface area contributed by atoms with Crippen LogP contribution in [-0.4, -0.2) is 46.6 Å². The van der Waals surface area contributed by atoms with Crippen LogP contribution in [-0.2, 0) is 11.2 Å². The first-order valence-corrected chi connectivity index (χ1v) is 11.2. The molecule has 3 heterocycles. The van der Waals surface area contributed by atoms with Crippen LogP contribution in [0.3, 0.4) is 0 Å². The van der Waals surface area contributed by atoms with Crippen LogP contribution in [0.15, 0.2) is 54.9 Å². The van der Waals surface area contributed by atoms with Gasteiger partial charge in [0.05, 0.1) is 30.7 Å². The Morgan fingerprint density at radius 2 is 1.88 bits per heavy atom. The number of benzene rings is 2. The molecular formula is C25H25FN6O2. The van der Waals surface area contributed by atoms with Crippen LogP contribution in [0.25, 0.3) is 16.9 Å². The van der Waals surface area contributed by atoms with Gasteiger partial charge in [0.25, 0.3) is 5.91 Å². The molecule has 0 spiro atoms. The van der Waals surface area contributed by atoms with Gasteiger partial charge in [-0.2, -0.15) is 0 Å². The maximum absolute atomic E-state index is 14.5. The quantitative estimate of drug-likeness (QED) is 0.455. The van der Waals surface area contributed by atoms with E-state index in [9.17, 15) is 9.18 Å². The van der Waals surface area contributed by atoms with Gasteiger partial charge in [-0.3, -0.25) is 9.20 Å². The zero-order valence-corrected chi connectivity index (χ0v) is 18.8. The lowest BCUT2D eigenvalue weighted by Gasteiger charge is -2.28. The normalized spacial score (nSPS) is 13.9. The summed E-state index contributed by atoms with van der Waals surface area (Å²) in [5, 5.41) is 3.36. The molecule has 0 bridgehead atoms. The van der Waals surface area contributed by atoms with E-state index in [2.05, 4.69) is 32.3 Å². The zero-order valence-electron chi connectivity index (χ0n) is 18.8. The molecule has 0 aliphatic carbocycles. The standard InChI is InChI=1S/C25H25FN6O2/c1-2-18-14-29-25-24(30-17-4-6-19(7-5-17)31-9-11-34-12-10-31)28-15-22(32(18)25)16-3-8-20(23(27)33)21(26)13-16/h3-8,13-15H,2,9-12H2,1H3,(H2,27,33)(H,28,30). The van der Waals surface area contributed by atoms with E-state index in [4.69, 9.17) is 10.5 Å². The molecule has 4 aromatic rings. The van der Waals surface area contributed by atoms with Gasteiger partial charge in [0.2, 0.25) is 0 Å². The Balaban J connectivity index is 1.49. The number of carbonyl (C=O) groups excluding carboxylic acids is 1. The second-order valence-electron chi connectivity index (χ2n) is 8.08. The highest BCUT2D eigenvalue weighted by Gasteiger charge is 2.17. The summed E-state index contributed by atoms with van der Waals surface area (Å²) < 4.78 is 21.8. The molecule has 34 heavy (non-hydrogen) atoms. The number of morpholine rings is 1. The number of anilines is 3. The van der Waals surface area contributed by atoms with Gasteiger partial charge in [-0.1, -0.05) is 13.0 Å². The van der Waals surface area contributed by atoms with E-state index in [0.29, 0.717) is 22.7 Å². The summed E-state index contributed by atoms with van der Waals surface area (Å²) in [4.78, 5) is 22.9. The third kappa shape index (κ3) is 4.06. The lowest BCUT2D eigenvalue weighted by Crippen LogP contribution is -2.36. The molecule has 1 amide bonds. The average molecular weight is 461 g/mol. The molecule has 174 valence electrons. The van der Waals surface area contributed by atoms with Crippen molar-refractivity contribution < 1.29 is 13.9 Å².